The Morgan fingerprint density at radius 1 is 0.500 bits per heavy atom. The summed E-state index contributed by atoms with van der Waals surface area (Å²) in [6.07, 6.45) is 0. The summed E-state index contributed by atoms with van der Waals surface area (Å²) in [4.78, 5) is 0. The number of hydrogen-bond acceptors (Lipinski definition) is 0. The molecule has 0 heterocycles. The molecule has 0 saturated heterocycles. The molecule has 1 radical (unpaired) electrons. The van der Waals surface area contributed by atoms with Crippen molar-refractivity contribution in [2.24, 2.45) is 0 Å². The average Bonchev–Trinajstić information content (AvgIpc) is 0. The van der Waals surface area contributed by atoms with Crippen LogP contribution in [0.3, 0.4) is 0 Å². The Balaban J connectivity index is 0. The van der Waals surface area contributed by atoms with Crippen LogP contribution in [0.4, 0.5) is 0 Å². The molecule has 0 rings (SSSR count). The van der Waals surface area contributed by atoms with E-state index < -0.39 is 0 Å². The topological polar surface area (TPSA) is 0 Å². The molecule has 0 N–H and O–H groups in total. The molecule has 0 aromatic carbocycles. The Kier molecular flexibility index (Phi) is 588. The largest absolute Gasteiger partial charge is 0.358 e. The van der Waals surface area contributed by atoms with Crippen LogP contribution in [0.15, 0.2) is 0 Å². The van der Waals surface area contributed by atoms with Crippen molar-refractivity contribution in [1.29, 1.82) is 0 Å². The maximum Gasteiger partial charge on any atom is 0 e. The van der Waals surface area contributed by atoms with Crippen molar-refractivity contribution < 1.29 is 32.3 Å². The molecule has 0 aromatic rings. The van der Waals surface area contributed by atoms with E-state index in [4.69, 9.17) is 0 Å². The van der Waals surface area contributed by atoms with Gasteiger partial charge in [-0.3, -0.25) is 0 Å². The van der Waals surface area contributed by atoms with Gasteiger partial charge in [-0.1, -0.05) is 0 Å². The molecule has 0 amide bonds. The summed E-state index contributed by atoms with van der Waals surface area (Å²) in [5.41, 5.74) is 0. The van der Waals surface area contributed by atoms with E-state index in [1.807, 2.05) is 0 Å². The van der Waals surface area contributed by atoms with Gasteiger partial charge in [0.15, 0.2) is 0 Å². The molecular weight excluding hydrogens is 267 g/mol. The minimum absolute atomic E-state index is 0. The van der Waals surface area contributed by atoms with Gasteiger partial charge in [0.2, 0.25) is 0 Å². The Morgan fingerprint density at radius 2 is 0.500 bits per heavy atom. The third kappa shape index (κ3) is 11.4. The third-order valence-electron chi connectivity index (χ3n) is 0. The first-order valence-electron chi connectivity index (χ1n) is 0. The summed E-state index contributed by atoms with van der Waals surface area (Å²) in [6, 6.07) is 0. The van der Waals surface area contributed by atoms with Gasteiger partial charge in [-0.15, -0.1) is 0 Å². The van der Waals surface area contributed by atoms with Crippen molar-refractivity contribution >= 4 is 0 Å². The van der Waals surface area contributed by atoms with Crippen LogP contribution < -0.4 is 0 Å². The standard InChI is InChI=1S/3CH3.Pa/h3*1H3;/q3*-1;. The third-order valence-corrected chi connectivity index (χ3v) is 0. The van der Waals surface area contributed by atoms with E-state index in [2.05, 4.69) is 0 Å². The SMILES string of the molecule is [CH3-].[CH3-].[CH3-].[Pa]. The first-order valence-corrected chi connectivity index (χ1v) is 0. The van der Waals surface area contributed by atoms with E-state index in [0.717, 1.165) is 0 Å². The molecule has 0 nitrogen and oxygen atoms in total. The van der Waals surface area contributed by atoms with Crippen molar-refractivity contribution in [2.45, 2.75) is 0 Å². The zero-order valence-corrected chi connectivity index (χ0v) is 8.39. The molecule has 27 valence electrons. The van der Waals surface area contributed by atoms with Gasteiger partial charge in [-0.2, -0.15) is 0 Å². The Bertz CT molecular complexity index is 3.25. The van der Waals surface area contributed by atoms with Crippen LogP contribution in [0.5, 0.6) is 0 Å². The average molecular weight is 276 g/mol. The molecule has 0 spiro atoms. The van der Waals surface area contributed by atoms with Crippen molar-refractivity contribution in [3.8, 4) is 0 Å². The van der Waals surface area contributed by atoms with E-state index >= 15 is 0 Å². The molecule has 0 aromatic heterocycles. The van der Waals surface area contributed by atoms with E-state index in [9.17, 15) is 0 Å². The molecule has 0 aliphatic carbocycles. The molecule has 1 heteroatoms. The summed E-state index contributed by atoms with van der Waals surface area (Å²) in [7, 11) is 0. The molecule has 4 heavy (non-hydrogen) atoms. The zero-order valence-electron chi connectivity index (χ0n) is 3.58. The van der Waals surface area contributed by atoms with E-state index in [1.165, 1.54) is 0 Å². The van der Waals surface area contributed by atoms with Gasteiger partial charge in [0.05, 0.1) is 0 Å². The second-order valence-electron chi connectivity index (χ2n) is 0. The normalized spacial score (nSPS) is 0. The van der Waals surface area contributed by atoms with Gasteiger partial charge in [0.1, 0.15) is 0 Å². The van der Waals surface area contributed by atoms with Crippen LogP contribution in [0.25, 0.3) is 0 Å². The molecule has 0 aliphatic heterocycles. The quantitative estimate of drug-likeness (QED) is 0.586. The van der Waals surface area contributed by atoms with Crippen LogP contribution in [0.1, 0.15) is 0 Å². The fourth-order valence-electron chi connectivity index (χ4n) is 0. The van der Waals surface area contributed by atoms with Gasteiger partial charge in [0, 0.05) is 32.3 Å². The Labute approximate surface area is 54.5 Å². The van der Waals surface area contributed by atoms with Gasteiger partial charge in [-0.25, -0.2) is 0 Å². The minimum atomic E-state index is 0. The second kappa shape index (κ2) is 32.8. The van der Waals surface area contributed by atoms with Gasteiger partial charge in [-0.05, 0) is 0 Å². The molecule has 0 bridgehead atoms. The van der Waals surface area contributed by atoms with Gasteiger partial charge < -0.3 is 22.3 Å². The van der Waals surface area contributed by atoms with Crippen LogP contribution in [0, 0.1) is 54.6 Å². The predicted octanol–water partition coefficient (Wildman–Crippen LogP) is 1.35. The summed E-state index contributed by atoms with van der Waals surface area (Å²) < 4.78 is 0. The van der Waals surface area contributed by atoms with Gasteiger partial charge in [0.25, 0.3) is 0 Å². The Morgan fingerprint density at radius 3 is 0.500 bits per heavy atom. The smallest absolute Gasteiger partial charge is 0 e. The molecule has 0 fully saturated rings. The summed E-state index contributed by atoms with van der Waals surface area (Å²) in [6.45, 7) is 0. The van der Waals surface area contributed by atoms with Crippen molar-refractivity contribution in [3.05, 3.63) is 22.3 Å². The molecule has 0 aliphatic rings. The van der Waals surface area contributed by atoms with E-state index in [0.29, 0.717) is 0 Å². The van der Waals surface area contributed by atoms with E-state index in [1.54, 1.807) is 0 Å². The van der Waals surface area contributed by atoms with Crippen molar-refractivity contribution in [1.82, 2.24) is 0 Å². The van der Waals surface area contributed by atoms with Gasteiger partial charge >= 0.3 is 0 Å². The predicted molar refractivity (Wildman–Crippen MR) is 19.2 cm³/mol. The Hall–Kier alpha value is 1.09. The fraction of sp³-hybridized carbons (Fsp3) is 0. The number of hydrogen-bond donors (Lipinski definition) is 0. The second-order valence-corrected chi connectivity index (χ2v) is 0. The molecule has 0 atom stereocenters. The van der Waals surface area contributed by atoms with E-state index in [-0.39, 0.29) is 54.6 Å². The van der Waals surface area contributed by atoms with Crippen LogP contribution in [0.2, 0.25) is 0 Å². The summed E-state index contributed by atoms with van der Waals surface area (Å²) in [5, 5.41) is 0. The number of rotatable bonds is 0. The first-order chi connectivity index (χ1) is 0. The molecule has 0 unspecified atom stereocenters. The molecule has 0 saturated carbocycles. The fourth-order valence-corrected chi connectivity index (χ4v) is 0. The summed E-state index contributed by atoms with van der Waals surface area (Å²) in [5.74, 6) is 0. The zero-order chi connectivity index (χ0) is 0. The van der Waals surface area contributed by atoms with Crippen molar-refractivity contribution in [2.75, 3.05) is 0 Å². The van der Waals surface area contributed by atoms with Crippen LogP contribution >= 0.6 is 0 Å². The first kappa shape index (κ1) is 71.6. The van der Waals surface area contributed by atoms with Crippen LogP contribution in [-0.4, -0.2) is 0 Å². The van der Waals surface area contributed by atoms with Crippen molar-refractivity contribution in [3.63, 3.8) is 0 Å². The molecular formula is C3H9Pa-3. The van der Waals surface area contributed by atoms with Crippen LogP contribution in [-0.2, 0) is 0 Å². The summed E-state index contributed by atoms with van der Waals surface area (Å²) >= 11 is 0. The monoisotopic (exact) mass is 276 g/mol. The minimum Gasteiger partial charge on any atom is -0.358 e. The maximum absolute atomic E-state index is 0. The maximum atomic E-state index is 0.